The molecule has 1 fully saturated rings. The number of benzene rings is 2. The fourth-order valence-electron chi connectivity index (χ4n) is 4.57. The van der Waals surface area contributed by atoms with Gasteiger partial charge in [-0.2, -0.15) is 0 Å². The Labute approximate surface area is 190 Å². The predicted octanol–water partition coefficient (Wildman–Crippen LogP) is 4.46. The van der Waals surface area contributed by atoms with Crippen LogP contribution in [0.5, 0.6) is 5.75 Å². The summed E-state index contributed by atoms with van der Waals surface area (Å²) in [5.41, 5.74) is 2.85. The van der Waals surface area contributed by atoms with Crippen molar-refractivity contribution in [3.05, 3.63) is 60.0 Å². The van der Waals surface area contributed by atoms with Crippen molar-refractivity contribution in [1.29, 1.82) is 0 Å². The van der Waals surface area contributed by atoms with Gasteiger partial charge in [0.05, 0.1) is 6.54 Å². The van der Waals surface area contributed by atoms with Gasteiger partial charge in [-0.1, -0.05) is 43.5 Å². The SMILES string of the molecule is CN(Cc1cccc(OCC(O)CN(C)C2CCCCC2)c1)Cc1nc2ccccc2o1. The van der Waals surface area contributed by atoms with Crippen LogP contribution in [0.1, 0.15) is 43.6 Å². The maximum absolute atomic E-state index is 10.5. The van der Waals surface area contributed by atoms with Crippen LogP contribution >= 0.6 is 0 Å². The monoisotopic (exact) mass is 437 g/mol. The van der Waals surface area contributed by atoms with Crippen molar-refractivity contribution in [1.82, 2.24) is 14.8 Å². The molecule has 1 heterocycles. The third-order valence-corrected chi connectivity index (χ3v) is 6.23. The number of ether oxygens (including phenoxy) is 1. The minimum absolute atomic E-state index is 0.305. The Hall–Kier alpha value is -2.41. The van der Waals surface area contributed by atoms with E-state index in [4.69, 9.17) is 9.15 Å². The summed E-state index contributed by atoms with van der Waals surface area (Å²) in [6, 6.07) is 16.5. The van der Waals surface area contributed by atoms with Gasteiger partial charge >= 0.3 is 0 Å². The summed E-state index contributed by atoms with van der Waals surface area (Å²) in [5.74, 6) is 1.50. The average Bonchev–Trinajstić information content (AvgIpc) is 3.20. The molecule has 6 nitrogen and oxygen atoms in total. The number of likely N-dealkylation sites (N-methyl/N-ethyl adjacent to an activating group) is 1. The van der Waals surface area contributed by atoms with Gasteiger partial charge in [-0.15, -0.1) is 0 Å². The molecule has 4 rings (SSSR count). The Morgan fingerprint density at radius 1 is 1.06 bits per heavy atom. The molecule has 3 aromatic rings. The lowest BCUT2D eigenvalue weighted by Gasteiger charge is -2.32. The summed E-state index contributed by atoms with van der Waals surface area (Å²) in [4.78, 5) is 9.01. The number of aromatic nitrogens is 1. The second-order valence-electron chi connectivity index (χ2n) is 9.09. The van der Waals surface area contributed by atoms with E-state index < -0.39 is 6.10 Å². The molecule has 172 valence electrons. The van der Waals surface area contributed by atoms with Crippen LogP contribution in [0.4, 0.5) is 0 Å². The van der Waals surface area contributed by atoms with E-state index in [1.165, 1.54) is 32.1 Å². The first-order valence-electron chi connectivity index (χ1n) is 11.7. The van der Waals surface area contributed by atoms with Gasteiger partial charge in [-0.05, 0) is 56.8 Å². The Morgan fingerprint density at radius 3 is 2.69 bits per heavy atom. The van der Waals surface area contributed by atoms with Gasteiger partial charge in [0.1, 0.15) is 24.0 Å². The van der Waals surface area contributed by atoms with Crippen LogP contribution in [0, 0.1) is 0 Å². The van der Waals surface area contributed by atoms with Gasteiger partial charge in [0.2, 0.25) is 5.89 Å². The highest BCUT2D eigenvalue weighted by atomic mass is 16.5. The van der Waals surface area contributed by atoms with Crippen molar-refractivity contribution < 1.29 is 14.3 Å². The molecule has 1 atom stereocenters. The van der Waals surface area contributed by atoms with Crippen LogP contribution < -0.4 is 4.74 Å². The molecular weight excluding hydrogens is 402 g/mol. The lowest BCUT2D eigenvalue weighted by Crippen LogP contribution is -2.40. The zero-order chi connectivity index (χ0) is 22.3. The predicted molar refractivity (Wildman–Crippen MR) is 127 cm³/mol. The molecule has 1 aliphatic rings. The maximum atomic E-state index is 10.5. The summed E-state index contributed by atoms with van der Waals surface area (Å²) < 4.78 is 11.7. The largest absolute Gasteiger partial charge is 0.491 e. The molecular formula is C26H35N3O3. The number of nitrogens with zero attached hydrogens (tertiary/aromatic N) is 3. The Bertz CT molecular complexity index is 950. The van der Waals surface area contributed by atoms with Crippen molar-refractivity contribution in [2.24, 2.45) is 0 Å². The lowest BCUT2D eigenvalue weighted by molar-refractivity contribution is 0.0561. The van der Waals surface area contributed by atoms with Crippen LogP contribution in [0.2, 0.25) is 0 Å². The van der Waals surface area contributed by atoms with Crippen molar-refractivity contribution in [3.8, 4) is 5.75 Å². The summed E-state index contributed by atoms with van der Waals surface area (Å²) >= 11 is 0. The molecule has 0 saturated heterocycles. The van der Waals surface area contributed by atoms with Crippen LogP contribution in [0.25, 0.3) is 11.1 Å². The van der Waals surface area contributed by atoms with Gasteiger partial charge < -0.3 is 19.2 Å². The van der Waals surface area contributed by atoms with E-state index in [0.717, 1.165) is 29.0 Å². The number of aliphatic hydroxyl groups excluding tert-OH is 1. The van der Waals surface area contributed by atoms with Crippen molar-refractivity contribution in [3.63, 3.8) is 0 Å². The van der Waals surface area contributed by atoms with E-state index in [1.807, 2.05) is 49.5 Å². The third-order valence-electron chi connectivity index (χ3n) is 6.23. The molecule has 1 aliphatic carbocycles. The number of fused-ring (bicyclic) bond motifs is 1. The van der Waals surface area contributed by atoms with E-state index in [1.54, 1.807) is 0 Å². The van der Waals surface area contributed by atoms with Crippen molar-refractivity contribution >= 4 is 11.1 Å². The maximum Gasteiger partial charge on any atom is 0.209 e. The zero-order valence-electron chi connectivity index (χ0n) is 19.2. The second kappa shape index (κ2) is 10.9. The zero-order valence-corrected chi connectivity index (χ0v) is 19.2. The summed E-state index contributed by atoms with van der Waals surface area (Å²) in [7, 11) is 4.17. The summed E-state index contributed by atoms with van der Waals surface area (Å²) in [6.45, 7) is 2.34. The molecule has 1 aromatic heterocycles. The normalized spacial score (nSPS) is 16.2. The third kappa shape index (κ3) is 6.31. The highest BCUT2D eigenvalue weighted by Gasteiger charge is 2.20. The highest BCUT2D eigenvalue weighted by molar-refractivity contribution is 5.72. The van der Waals surface area contributed by atoms with E-state index in [-0.39, 0.29) is 0 Å². The minimum Gasteiger partial charge on any atom is -0.491 e. The molecule has 1 N–H and O–H groups in total. The number of hydrogen-bond donors (Lipinski definition) is 1. The first kappa shape index (κ1) is 22.8. The first-order chi connectivity index (χ1) is 15.6. The topological polar surface area (TPSA) is 62.0 Å². The first-order valence-corrected chi connectivity index (χ1v) is 11.7. The van der Waals surface area contributed by atoms with Gasteiger partial charge in [0, 0.05) is 19.1 Å². The molecule has 0 radical (unpaired) electrons. The van der Waals surface area contributed by atoms with Crippen LogP contribution in [-0.2, 0) is 13.1 Å². The minimum atomic E-state index is -0.493. The number of oxazole rings is 1. The van der Waals surface area contributed by atoms with Crippen LogP contribution in [0.3, 0.4) is 0 Å². The molecule has 0 bridgehead atoms. The van der Waals surface area contributed by atoms with Gasteiger partial charge in [-0.3, -0.25) is 4.90 Å². The van der Waals surface area contributed by atoms with E-state index in [9.17, 15) is 5.11 Å². The number of aliphatic hydroxyl groups is 1. The fraction of sp³-hybridized carbons (Fsp3) is 0.500. The van der Waals surface area contributed by atoms with Crippen molar-refractivity contribution in [2.75, 3.05) is 27.2 Å². The Balaban J connectivity index is 1.25. The standard InChI is InChI=1S/C26H35N3O3/c1-28(18-26-27-24-13-6-7-14-25(24)32-26)16-20-9-8-12-23(15-20)31-19-22(30)17-29(2)21-10-4-3-5-11-21/h6-9,12-15,21-22,30H,3-5,10-11,16-19H2,1-2H3. The van der Waals surface area contributed by atoms with E-state index in [2.05, 4.69) is 27.9 Å². The molecule has 0 amide bonds. The lowest BCUT2D eigenvalue weighted by atomic mass is 9.94. The molecule has 6 heteroatoms. The van der Waals surface area contributed by atoms with E-state index >= 15 is 0 Å². The number of hydrogen-bond acceptors (Lipinski definition) is 6. The smallest absolute Gasteiger partial charge is 0.209 e. The Kier molecular flexibility index (Phi) is 7.79. The van der Waals surface area contributed by atoms with E-state index in [0.29, 0.717) is 31.6 Å². The molecule has 1 saturated carbocycles. The van der Waals surface area contributed by atoms with Crippen LogP contribution in [0.15, 0.2) is 52.9 Å². The number of rotatable bonds is 10. The molecule has 2 aromatic carbocycles. The quantitative estimate of drug-likeness (QED) is 0.505. The Morgan fingerprint density at radius 2 is 1.88 bits per heavy atom. The van der Waals surface area contributed by atoms with Gasteiger partial charge in [0.15, 0.2) is 5.58 Å². The average molecular weight is 438 g/mol. The van der Waals surface area contributed by atoms with Crippen LogP contribution in [-0.4, -0.2) is 59.3 Å². The molecule has 0 aliphatic heterocycles. The van der Waals surface area contributed by atoms with Gasteiger partial charge in [0.25, 0.3) is 0 Å². The molecule has 0 spiro atoms. The fourth-order valence-corrected chi connectivity index (χ4v) is 4.57. The van der Waals surface area contributed by atoms with Crippen molar-refractivity contribution in [2.45, 2.75) is 57.3 Å². The molecule has 1 unspecified atom stereocenters. The summed E-state index contributed by atoms with van der Waals surface area (Å²) in [5, 5.41) is 10.5. The number of para-hydroxylation sites is 2. The second-order valence-corrected chi connectivity index (χ2v) is 9.09. The summed E-state index contributed by atoms with van der Waals surface area (Å²) in [6.07, 6.45) is 5.93. The van der Waals surface area contributed by atoms with Gasteiger partial charge in [-0.25, -0.2) is 4.98 Å². The highest BCUT2D eigenvalue weighted by Crippen LogP contribution is 2.22. The molecule has 32 heavy (non-hydrogen) atoms.